The van der Waals surface area contributed by atoms with Crippen LogP contribution in [0.25, 0.3) is 56.2 Å². The molecule has 0 spiro atoms. The van der Waals surface area contributed by atoms with Gasteiger partial charge in [-0.2, -0.15) is 9.97 Å². The van der Waals surface area contributed by atoms with E-state index in [4.69, 9.17) is 15.0 Å². The van der Waals surface area contributed by atoms with Gasteiger partial charge in [0.15, 0.2) is 11.6 Å². The first kappa shape index (κ1) is 43.7. The van der Waals surface area contributed by atoms with Gasteiger partial charge in [-0.1, -0.05) is 187 Å². The summed E-state index contributed by atoms with van der Waals surface area (Å²) in [5.41, 5.74) is 22.0. The second-order valence-electron chi connectivity index (χ2n) is 18.1. The van der Waals surface area contributed by atoms with Gasteiger partial charge in [0.2, 0.25) is 5.95 Å². The zero-order valence-electron chi connectivity index (χ0n) is 39.6. The van der Waals surface area contributed by atoms with Crippen LogP contribution in [0, 0.1) is 41.5 Å². The third-order valence-corrected chi connectivity index (χ3v) is 13.0. The Bertz CT molecular complexity index is 3220. The molecular weight excluding hydrogens is 825 g/mol. The van der Waals surface area contributed by atoms with E-state index in [2.05, 4.69) is 234 Å². The summed E-state index contributed by atoms with van der Waals surface area (Å²) in [6.07, 6.45) is 0. The lowest BCUT2D eigenvalue weighted by Gasteiger charge is -2.28. The molecule has 9 aromatic carbocycles. The van der Waals surface area contributed by atoms with Crippen molar-refractivity contribution < 1.29 is 0 Å². The van der Waals surface area contributed by atoms with Crippen molar-refractivity contribution >= 4 is 17.3 Å². The number of aromatic nitrogens is 3. The van der Waals surface area contributed by atoms with Crippen LogP contribution in [-0.2, 0) is 0 Å². The first-order chi connectivity index (χ1) is 33.2. The summed E-state index contributed by atoms with van der Waals surface area (Å²) in [4.78, 5) is 18.2. The monoisotopic (exact) mass is 878 g/mol. The molecule has 0 saturated heterocycles. The first-order valence-corrected chi connectivity index (χ1v) is 23.5. The van der Waals surface area contributed by atoms with E-state index in [9.17, 15) is 0 Å². The molecule has 4 heteroatoms. The molecule has 68 heavy (non-hydrogen) atoms. The van der Waals surface area contributed by atoms with Crippen molar-refractivity contribution in [1.82, 2.24) is 15.0 Å². The fourth-order valence-corrected chi connectivity index (χ4v) is 10.1. The predicted molar refractivity (Wildman–Crippen MR) is 284 cm³/mol. The van der Waals surface area contributed by atoms with Gasteiger partial charge in [-0.15, -0.1) is 0 Å². The van der Waals surface area contributed by atoms with Crippen molar-refractivity contribution in [2.75, 3.05) is 4.90 Å². The number of hydrogen-bond acceptors (Lipinski definition) is 4. The van der Waals surface area contributed by atoms with Crippen molar-refractivity contribution in [3.05, 3.63) is 262 Å². The Hall–Kier alpha value is -8.21. The Balaban J connectivity index is 1.22. The van der Waals surface area contributed by atoms with Gasteiger partial charge in [0.25, 0.3) is 0 Å². The highest BCUT2D eigenvalue weighted by Gasteiger charge is 2.26. The number of nitrogens with zero attached hydrogens (tertiary/aromatic N) is 4. The van der Waals surface area contributed by atoms with Crippen LogP contribution >= 0.6 is 0 Å². The molecule has 0 saturated carbocycles. The van der Waals surface area contributed by atoms with Gasteiger partial charge < -0.3 is 0 Å². The quantitative estimate of drug-likeness (QED) is 0.121. The Kier molecular flexibility index (Phi) is 12.2. The minimum atomic E-state index is 0.0233. The molecule has 0 atom stereocenters. The predicted octanol–water partition coefficient (Wildman–Crippen LogP) is 16.7. The van der Waals surface area contributed by atoms with Gasteiger partial charge in [-0.05, 0) is 150 Å². The molecule has 330 valence electrons. The lowest BCUT2D eigenvalue weighted by Crippen LogP contribution is -2.16. The number of aryl methyl sites for hydroxylation is 6. The Morgan fingerprint density at radius 1 is 0.309 bits per heavy atom. The summed E-state index contributed by atoms with van der Waals surface area (Å²) >= 11 is 0. The maximum atomic E-state index is 5.44. The Morgan fingerprint density at radius 2 is 0.691 bits per heavy atom. The highest BCUT2D eigenvalue weighted by atomic mass is 15.3. The van der Waals surface area contributed by atoms with E-state index < -0.39 is 0 Å². The van der Waals surface area contributed by atoms with Crippen molar-refractivity contribution in [1.29, 1.82) is 0 Å². The van der Waals surface area contributed by atoms with E-state index in [-0.39, 0.29) is 5.92 Å². The highest BCUT2D eigenvalue weighted by Crippen LogP contribution is 2.43. The minimum absolute atomic E-state index is 0.0233. The number of anilines is 3. The summed E-state index contributed by atoms with van der Waals surface area (Å²) in [5, 5.41) is 0. The summed E-state index contributed by atoms with van der Waals surface area (Å²) < 4.78 is 0. The SMILES string of the molecule is Cc1cc(C)c(C(c2ccc(N(c3cc(-c4ccccc4)cc(-c4ccccc4)c3)c3nc(-c4ccccc4)nc(-c4cccc(-c5ccccc5)c4)n3)cc2)c2c(C)cc(C)cc2C)c(C)c1. The van der Waals surface area contributed by atoms with Crippen LogP contribution in [0.5, 0.6) is 0 Å². The molecule has 0 amide bonds. The van der Waals surface area contributed by atoms with E-state index in [1.54, 1.807) is 0 Å². The van der Waals surface area contributed by atoms with Crippen LogP contribution in [0.2, 0.25) is 0 Å². The molecule has 0 unspecified atom stereocenters. The van der Waals surface area contributed by atoms with Crippen LogP contribution in [0.4, 0.5) is 17.3 Å². The number of benzene rings is 9. The number of hydrogen-bond donors (Lipinski definition) is 0. The van der Waals surface area contributed by atoms with Crippen LogP contribution in [0.1, 0.15) is 56.0 Å². The molecule has 10 rings (SSSR count). The van der Waals surface area contributed by atoms with Crippen molar-refractivity contribution in [3.63, 3.8) is 0 Å². The molecule has 0 bridgehead atoms. The summed E-state index contributed by atoms with van der Waals surface area (Å²) in [6.45, 7) is 13.4. The average molecular weight is 879 g/mol. The van der Waals surface area contributed by atoms with Gasteiger partial charge in [0, 0.05) is 22.7 Å². The third kappa shape index (κ3) is 9.01. The molecule has 1 aromatic heterocycles. The van der Waals surface area contributed by atoms with Crippen LogP contribution < -0.4 is 4.90 Å². The fraction of sp³-hybridized carbons (Fsp3) is 0.109. The van der Waals surface area contributed by atoms with E-state index in [0.29, 0.717) is 17.6 Å². The molecule has 0 fully saturated rings. The second-order valence-corrected chi connectivity index (χ2v) is 18.1. The minimum Gasteiger partial charge on any atom is -0.279 e. The van der Waals surface area contributed by atoms with Gasteiger partial charge in [0.05, 0.1) is 5.69 Å². The second kappa shape index (κ2) is 18.9. The van der Waals surface area contributed by atoms with Crippen LogP contribution in [0.15, 0.2) is 212 Å². The lowest BCUT2D eigenvalue weighted by atomic mass is 9.77. The topological polar surface area (TPSA) is 41.9 Å². The number of rotatable bonds is 11. The molecule has 0 aliphatic rings. The highest BCUT2D eigenvalue weighted by molar-refractivity contribution is 5.84. The van der Waals surface area contributed by atoms with Crippen molar-refractivity contribution in [3.8, 4) is 56.2 Å². The zero-order valence-corrected chi connectivity index (χ0v) is 39.6. The Morgan fingerprint density at radius 3 is 1.16 bits per heavy atom. The molecule has 1 heterocycles. The van der Waals surface area contributed by atoms with E-state index in [0.717, 1.165) is 55.9 Å². The molecular formula is C64H54N4. The van der Waals surface area contributed by atoms with Gasteiger partial charge in [0.1, 0.15) is 0 Å². The maximum absolute atomic E-state index is 5.44. The van der Waals surface area contributed by atoms with Gasteiger partial charge in [-0.25, -0.2) is 4.98 Å². The smallest absolute Gasteiger partial charge is 0.238 e. The maximum Gasteiger partial charge on any atom is 0.238 e. The van der Waals surface area contributed by atoms with E-state index in [1.165, 1.54) is 50.1 Å². The normalized spacial score (nSPS) is 11.2. The standard InChI is InChI=1S/C64H54N4/c1-42-34-44(3)59(45(4)35-42)61(60-46(5)36-43(2)37-47(60)6)51-30-32-57(33-31-51)68(58-40-55(49-22-13-8-14-23-49)39-56(41-58)50-24-15-9-16-25-50)64-66-62(52-26-17-10-18-27-52)65-63(67-64)54-29-19-28-53(38-54)48-20-11-7-12-21-48/h7-41,61H,1-6H3. The molecule has 4 nitrogen and oxygen atoms in total. The zero-order chi connectivity index (χ0) is 46.7. The van der Waals surface area contributed by atoms with Gasteiger partial charge >= 0.3 is 0 Å². The molecule has 0 N–H and O–H groups in total. The fourth-order valence-electron chi connectivity index (χ4n) is 10.1. The third-order valence-electron chi connectivity index (χ3n) is 13.0. The van der Waals surface area contributed by atoms with Crippen molar-refractivity contribution in [2.45, 2.75) is 47.5 Å². The molecule has 0 radical (unpaired) electrons. The summed E-state index contributed by atoms with van der Waals surface area (Å²) in [6, 6.07) is 75.6. The molecule has 0 aliphatic carbocycles. The van der Waals surface area contributed by atoms with Crippen LogP contribution in [-0.4, -0.2) is 15.0 Å². The van der Waals surface area contributed by atoms with E-state index >= 15 is 0 Å². The van der Waals surface area contributed by atoms with Gasteiger partial charge in [-0.3, -0.25) is 4.90 Å². The first-order valence-electron chi connectivity index (χ1n) is 23.5. The Labute approximate surface area is 401 Å². The summed E-state index contributed by atoms with van der Waals surface area (Å²) in [5.74, 6) is 1.72. The van der Waals surface area contributed by atoms with Crippen molar-refractivity contribution in [2.24, 2.45) is 0 Å². The van der Waals surface area contributed by atoms with E-state index in [1.807, 2.05) is 24.3 Å². The largest absolute Gasteiger partial charge is 0.279 e. The lowest BCUT2D eigenvalue weighted by molar-refractivity contribution is 0.919. The van der Waals surface area contributed by atoms with Crippen LogP contribution in [0.3, 0.4) is 0 Å². The summed E-state index contributed by atoms with van der Waals surface area (Å²) in [7, 11) is 0. The average Bonchev–Trinajstić information content (AvgIpc) is 3.36. The molecule has 0 aliphatic heterocycles. The molecule has 10 aromatic rings.